The van der Waals surface area contributed by atoms with Crippen LogP contribution < -0.4 is 5.32 Å². The molecule has 0 radical (unpaired) electrons. The van der Waals surface area contributed by atoms with E-state index in [9.17, 15) is 9.18 Å². The van der Waals surface area contributed by atoms with Crippen molar-refractivity contribution in [2.24, 2.45) is 4.99 Å². The number of benzene rings is 3. The second-order valence-corrected chi connectivity index (χ2v) is 8.24. The number of amidine groups is 1. The SMILES string of the molecule is O=C1NC(=Nc2ccccc2)S/C1=C/c1ccc2c(ccn2Cc2cccc(F)c2)c1. The molecule has 1 amide bonds. The van der Waals surface area contributed by atoms with E-state index in [1.165, 1.54) is 17.8 Å². The van der Waals surface area contributed by atoms with Crippen molar-refractivity contribution in [1.29, 1.82) is 0 Å². The van der Waals surface area contributed by atoms with E-state index < -0.39 is 0 Å². The normalized spacial score (nSPS) is 16.4. The third kappa shape index (κ3) is 4.29. The van der Waals surface area contributed by atoms with Crippen LogP contribution in [0.15, 0.2) is 95.0 Å². The molecule has 0 aliphatic carbocycles. The molecule has 1 N–H and O–H groups in total. The fourth-order valence-corrected chi connectivity index (χ4v) is 4.37. The summed E-state index contributed by atoms with van der Waals surface area (Å²) in [5, 5.41) is 4.45. The van der Waals surface area contributed by atoms with Crippen molar-refractivity contribution < 1.29 is 9.18 Å². The third-order valence-corrected chi connectivity index (χ3v) is 5.88. The number of aliphatic imine (C=N–C) groups is 1. The molecule has 0 bridgehead atoms. The minimum atomic E-state index is -0.231. The number of para-hydroxylation sites is 1. The summed E-state index contributed by atoms with van der Waals surface area (Å²) in [6, 6.07) is 24.3. The number of nitrogens with zero attached hydrogens (tertiary/aromatic N) is 2. The molecular weight excluding hydrogens is 409 g/mol. The van der Waals surface area contributed by atoms with Gasteiger partial charge in [0, 0.05) is 23.6 Å². The molecule has 5 rings (SSSR count). The molecule has 0 spiro atoms. The number of carbonyl (C=O) groups excluding carboxylic acids is 1. The van der Waals surface area contributed by atoms with Gasteiger partial charge in [-0.1, -0.05) is 36.4 Å². The maximum Gasteiger partial charge on any atom is 0.264 e. The molecular formula is C25H18FN3OS. The number of rotatable bonds is 4. The van der Waals surface area contributed by atoms with Gasteiger partial charge in [0.05, 0.1) is 10.6 Å². The van der Waals surface area contributed by atoms with E-state index in [0.717, 1.165) is 27.7 Å². The van der Waals surface area contributed by atoms with Crippen LogP contribution >= 0.6 is 11.8 Å². The number of amides is 1. The predicted molar refractivity (Wildman–Crippen MR) is 125 cm³/mol. The number of carbonyl (C=O) groups is 1. The van der Waals surface area contributed by atoms with E-state index in [1.807, 2.05) is 72.9 Å². The lowest BCUT2D eigenvalue weighted by atomic mass is 10.1. The lowest BCUT2D eigenvalue weighted by Gasteiger charge is -2.06. The quantitative estimate of drug-likeness (QED) is 0.424. The molecule has 3 aromatic carbocycles. The first-order chi connectivity index (χ1) is 15.1. The van der Waals surface area contributed by atoms with Crippen molar-refractivity contribution in [3.05, 3.63) is 107 Å². The van der Waals surface area contributed by atoms with Crippen LogP contribution in [0, 0.1) is 5.82 Å². The highest BCUT2D eigenvalue weighted by atomic mass is 32.2. The van der Waals surface area contributed by atoms with Crippen molar-refractivity contribution in [2.45, 2.75) is 6.54 Å². The van der Waals surface area contributed by atoms with Crippen LogP contribution in [0.25, 0.3) is 17.0 Å². The highest BCUT2D eigenvalue weighted by molar-refractivity contribution is 8.18. The zero-order valence-corrected chi connectivity index (χ0v) is 17.3. The lowest BCUT2D eigenvalue weighted by Crippen LogP contribution is -2.19. The highest BCUT2D eigenvalue weighted by Gasteiger charge is 2.23. The minimum absolute atomic E-state index is 0.150. The molecule has 152 valence electrons. The summed E-state index contributed by atoms with van der Waals surface area (Å²) in [6.07, 6.45) is 3.87. The van der Waals surface area contributed by atoms with Crippen LogP contribution in [0.4, 0.5) is 10.1 Å². The van der Waals surface area contributed by atoms with Crippen LogP contribution in [-0.4, -0.2) is 15.6 Å². The van der Waals surface area contributed by atoms with Crippen LogP contribution in [0.2, 0.25) is 0 Å². The average Bonchev–Trinajstić information content (AvgIpc) is 3.31. The summed E-state index contributed by atoms with van der Waals surface area (Å²) in [4.78, 5) is 17.4. The molecule has 0 unspecified atom stereocenters. The van der Waals surface area contributed by atoms with Gasteiger partial charge in [0.25, 0.3) is 5.91 Å². The standard InChI is InChI=1S/C25H18FN3OS/c26-20-6-4-5-18(14-20)16-29-12-11-19-13-17(9-10-22(19)29)15-23-24(30)28-25(31-23)27-21-7-2-1-3-8-21/h1-15H,16H2,(H,27,28,30)/b23-15+. The van der Waals surface area contributed by atoms with E-state index in [2.05, 4.69) is 14.9 Å². The van der Waals surface area contributed by atoms with Crippen LogP contribution in [0.5, 0.6) is 0 Å². The molecule has 1 aromatic heterocycles. The summed E-state index contributed by atoms with van der Waals surface area (Å²) in [5.74, 6) is -0.381. The van der Waals surface area contributed by atoms with E-state index in [0.29, 0.717) is 16.6 Å². The van der Waals surface area contributed by atoms with Gasteiger partial charge in [0.1, 0.15) is 5.82 Å². The zero-order valence-electron chi connectivity index (χ0n) is 16.5. The minimum Gasteiger partial charge on any atom is -0.343 e. The first-order valence-electron chi connectivity index (χ1n) is 9.82. The molecule has 2 heterocycles. The highest BCUT2D eigenvalue weighted by Crippen LogP contribution is 2.29. The Kier molecular flexibility index (Phi) is 5.14. The Morgan fingerprint density at radius 1 is 1.00 bits per heavy atom. The van der Waals surface area contributed by atoms with E-state index in [4.69, 9.17) is 0 Å². The van der Waals surface area contributed by atoms with Gasteiger partial charge in [-0.15, -0.1) is 0 Å². The Morgan fingerprint density at radius 2 is 1.87 bits per heavy atom. The second-order valence-electron chi connectivity index (χ2n) is 7.21. The van der Waals surface area contributed by atoms with Crippen molar-refractivity contribution in [1.82, 2.24) is 9.88 Å². The van der Waals surface area contributed by atoms with E-state index >= 15 is 0 Å². The van der Waals surface area contributed by atoms with Crippen LogP contribution in [-0.2, 0) is 11.3 Å². The number of halogens is 1. The Bertz CT molecular complexity index is 1340. The fourth-order valence-electron chi connectivity index (χ4n) is 3.53. The van der Waals surface area contributed by atoms with E-state index in [1.54, 1.807) is 12.1 Å². The molecule has 0 atom stereocenters. The molecule has 31 heavy (non-hydrogen) atoms. The number of hydrogen-bond donors (Lipinski definition) is 1. The number of thioether (sulfide) groups is 1. The maximum atomic E-state index is 13.5. The first kappa shape index (κ1) is 19.3. The Hall–Kier alpha value is -3.64. The second kappa shape index (κ2) is 8.24. The van der Waals surface area contributed by atoms with Crippen molar-refractivity contribution in [3.63, 3.8) is 0 Å². The first-order valence-corrected chi connectivity index (χ1v) is 10.6. The molecule has 1 fully saturated rings. The van der Waals surface area contributed by atoms with Gasteiger partial charge in [-0.2, -0.15) is 0 Å². The van der Waals surface area contributed by atoms with Gasteiger partial charge in [0.15, 0.2) is 5.17 Å². The number of aromatic nitrogens is 1. The summed E-state index contributed by atoms with van der Waals surface area (Å²) < 4.78 is 15.6. The van der Waals surface area contributed by atoms with E-state index in [-0.39, 0.29) is 11.7 Å². The lowest BCUT2D eigenvalue weighted by molar-refractivity contribution is -0.115. The molecule has 4 aromatic rings. The summed E-state index contributed by atoms with van der Waals surface area (Å²) >= 11 is 1.33. The van der Waals surface area contributed by atoms with Crippen molar-refractivity contribution >= 4 is 45.5 Å². The van der Waals surface area contributed by atoms with Crippen molar-refractivity contribution in [2.75, 3.05) is 0 Å². The summed E-state index contributed by atoms with van der Waals surface area (Å²) in [5.41, 5.74) is 3.71. The number of nitrogens with one attached hydrogen (secondary N) is 1. The van der Waals surface area contributed by atoms with Crippen LogP contribution in [0.1, 0.15) is 11.1 Å². The molecule has 1 aliphatic heterocycles. The van der Waals surface area contributed by atoms with Gasteiger partial charge in [-0.3, -0.25) is 4.79 Å². The predicted octanol–water partition coefficient (Wildman–Crippen LogP) is 5.72. The maximum absolute atomic E-state index is 13.5. The topological polar surface area (TPSA) is 46.4 Å². The molecule has 4 nitrogen and oxygen atoms in total. The summed E-state index contributed by atoms with van der Waals surface area (Å²) in [7, 11) is 0. The van der Waals surface area contributed by atoms with Gasteiger partial charge >= 0.3 is 0 Å². The fraction of sp³-hybridized carbons (Fsp3) is 0.0400. The summed E-state index contributed by atoms with van der Waals surface area (Å²) in [6.45, 7) is 0.596. The smallest absolute Gasteiger partial charge is 0.264 e. The molecule has 1 aliphatic rings. The van der Waals surface area contributed by atoms with Gasteiger partial charge < -0.3 is 9.88 Å². The number of fused-ring (bicyclic) bond motifs is 1. The molecule has 1 saturated heterocycles. The Labute approximate surface area is 183 Å². The molecule has 6 heteroatoms. The third-order valence-electron chi connectivity index (χ3n) is 4.97. The largest absolute Gasteiger partial charge is 0.343 e. The zero-order chi connectivity index (χ0) is 21.2. The average molecular weight is 428 g/mol. The Morgan fingerprint density at radius 3 is 2.71 bits per heavy atom. The Balaban J connectivity index is 1.38. The van der Waals surface area contributed by atoms with Gasteiger partial charge in [-0.25, -0.2) is 9.38 Å². The van der Waals surface area contributed by atoms with Crippen molar-refractivity contribution in [3.8, 4) is 0 Å². The van der Waals surface area contributed by atoms with Gasteiger partial charge in [0.2, 0.25) is 0 Å². The number of hydrogen-bond acceptors (Lipinski definition) is 3. The van der Waals surface area contributed by atoms with Gasteiger partial charge in [-0.05, 0) is 71.4 Å². The van der Waals surface area contributed by atoms with Crippen LogP contribution in [0.3, 0.4) is 0 Å². The molecule has 0 saturated carbocycles. The monoisotopic (exact) mass is 427 g/mol.